The summed E-state index contributed by atoms with van der Waals surface area (Å²) in [6.45, 7) is 4.77. The highest BCUT2D eigenvalue weighted by atomic mass is 19.4. The van der Waals surface area contributed by atoms with E-state index < -0.39 is 29.2 Å². The molecule has 1 aromatic heterocycles. The number of anilines is 1. The van der Waals surface area contributed by atoms with Crippen LogP contribution >= 0.6 is 0 Å². The molecule has 1 aromatic carbocycles. The van der Waals surface area contributed by atoms with Crippen LogP contribution in [0, 0.1) is 17.1 Å². The second-order valence-corrected chi connectivity index (χ2v) is 4.89. The van der Waals surface area contributed by atoms with E-state index in [2.05, 4.69) is 17.0 Å². The molecule has 0 aliphatic heterocycles. The number of nitriles is 1. The van der Waals surface area contributed by atoms with Gasteiger partial charge in [-0.1, -0.05) is 6.08 Å². The molecule has 1 heterocycles. The van der Waals surface area contributed by atoms with Crippen molar-refractivity contribution >= 4 is 5.69 Å². The van der Waals surface area contributed by atoms with Gasteiger partial charge in [-0.15, -0.1) is 11.7 Å². The first kappa shape index (κ1) is 18.3. The molecule has 0 fully saturated rings. The maximum Gasteiger partial charge on any atom is 0.451 e. The van der Waals surface area contributed by atoms with Gasteiger partial charge in [0.25, 0.3) is 0 Å². The molecular formula is C15H13F4N5O. The van der Waals surface area contributed by atoms with E-state index in [-0.39, 0.29) is 24.3 Å². The minimum absolute atomic E-state index is 0.0675. The third kappa shape index (κ3) is 3.40. The van der Waals surface area contributed by atoms with Crippen molar-refractivity contribution in [3.63, 3.8) is 0 Å². The van der Waals surface area contributed by atoms with Crippen LogP contribution < -0.4 is 11.0 Å². The van der Waals surface area contributed by atoms with E-state index in [0.29, 0.717) is 9.25 Å². The van der Waals surface area contributed by atoms with Gasteiger partial charge in [0.15, 0.2) is 5.82 Å². The zero-order chi connectivity index (χ0) is 18.8. The molecule has 2 rings (SSSR count). The van der Waals surface area contributed by atoms with E-state index in [4.69, 9.17) is 5.26 Å². The highest BCUT2D eigenvalue weighted by Gasteiger charge is 2.39. The standard InChI is InChI=1S/C15H13F4N5O/c1-3-5-21-11-7-12(10(16)6-9(11)8-20)24-14(25)23(4-2)13(22-24)15(17,18)19/h3,6-7,21H,1,4-5H2,2H3. The van der Waals surface area contributed by atoms with Crippen LogP contribution in [0.4, 0.5) is 23.2 Å². The Balaban J connectivity index is 2.70. The molecule has 0 spiro atoms. The Kier molecular flexibility index (Phi) is 4.97. The molecule has 2 aromatic rings. The van der Waals surface area contributed by atoms with Crippen molar-refractivity contribution in [3.05, 3.63) is 52.5 Å². The van der Waals surface area contributed by atoms with Crippen LogP contribution in [0.1, 0.15) is 18.3 Å². The zero-order valence-corrected chi connectivity index (χ0v) is 13.1. The molecule has 132 valence electrons. The molecule has 0 unspecified atom stereocenters. The van der Waals surface area contributed by atoms with Crippen molar-refractivity contribution in [2.75, 3.05) is 11.9 Å². The number of nitrogens with zero attached hydrogens (tertiary/aromatic N) is 4. The van der Waals surface area contributed by atoms with Crippen molar-refractivity contribution in [1.29, 1.82) is 5.26 Å². The van der Waals surface area contributed by atoms with Crippen LogP contribution in [-0.2, 0) is 12.7 Å². The largest absolute Gasteiger partial charge is 0.451 e. The first-order chi connectivity index (χ1) is 11.7. The highest BCUT2D eigenvalue weighted by molar-refractivity contribution is 5.62. The second-order valence-electron chi connectivity index (χ2n) is 4.89. The van der Waals surface area contributed by atoms with E-state index in [1.165, 1.54) is 13.0 Å². The third-order valence-electron chi connectivity index (χ3n) is 3.30. The summed E-state index contributed by atoms with van der Waals surface area (Å²) in [4.78, 5) is 12.2. The van der Waals surface area contributed by atoms with Gasteiger partial charge in [0.05, 0.1) is 11.3 Å². The quantitative estimate of drug-likeness (QED) is 0.661. The number of nitrogens with one attached hydrogen (secondary N) is 1. The van der Waals surface area contributed by atoms with Gasteiger partial charge in [0, 0.05) is 13.1 Å². The molecular weight excluding hydrogens is 342 g/mol. The number of alkyl halides is 3. The molecule has 0 radical (unpaired) electrons. The van der Waals surface area contributed by atoms with Gasteiger partial charge in [0.2, 0.25) is 5.82 Å². The van der Waals surface area contributed by atoms with Gasteiger partial charge in [-0.2, -0.15) is 23.1 Å². The normalized spacial score (nSPS) is 11.2. The molecule has 6 nitrogen and oxygen atoms in total. The lowest BCUT2D eigenvalue weighted by atomic mass is 10.1. The first-order valence-corrected chi connectivity index (χ1v) is 7.10. The van der Waals surface area contributed by atoms with Gasteiger partial charge in [0.1, 0.15) is 11.8 Å². The molecule has 0 aliphatic carbocycles. The third-order valence-corrected chi connectivity index (χ3v) is 3.30. The number of benzene rings is 1. The molecule has 25 heavy (non-hydrogen) atoms. The average Bonchev–Trinajstić information content (AvgIpc) is 2.90. The fourth-order valence-electron chi connectivity index (χ4n) is 2.19. The lowest BCUT2D eigenvalue weighted by Crippen LogP contribution is -2.26. The van der Waals surface area contributed by atoms with Gasteiger partial charge < -0.3 is 5.32 Å². The monoisotopic (exact) mass is 355 g/mol. The summed E-state index contributed by atoms with van der Waals surface area (Å²) >= 11 is 0. The molecule has 0 bridgehead atoms. The zero-order valence-electron chi connectivity index (χ0n) is 13.1. The summed E-state index contributed by atoms with van der Waals surface area (Å²) in [6.07, 6.45) is -3.39. The Hall–Kier alpha value is -3.09. The fourth-order valence-corrected chi connectivity index (χ4v) is 2.19. The fraction of sp³-hybridized carbons (Fsp3) is 0.267. The molecule has 0 aliphatic rings. The first-order valence-electron chi connectivity index (χ1n) is 7.10. The molecule has 10 heteroatoms. The predicted molar refractivity (Wildman–Crippen MR) is 81.9 cm³/mol. The SMILES string of the molecule is C=CCNc1cc(-n2nc(C(F)(F)F)n(CC)c2=O)c(F)cc1C#N. The van der Waals surface area contributed by atoms with Crippen LogP contribution in [0.15, 0.2) is 29.6 Å². The van der Waals surface area contributed by atoms with E-state index in [0.717, 1.165) is 12.1 Å². The summed E-state index contributed by atoms with van der Waals surface area (Å²) in [5.41, 5.74) is -1.55. The molecule has 0 saturated heterocycles. The minimum atomic E-state index is -4.87. The average molecular weight is 355 g/mol. The van der Waals surface area contributed by atoms with Crippen LogP contribution in [0.3, 0.4) is 0 Å². The Labute approximate surface area is 139 Å². The topological polar surface area (TPSA) is 75.6 Å². The second kappa shape index (κ2) is 6.80. The van der Waals surface area contributed by atoms with Gasteiger partial charge in [-0.3, -0.25) is 4.57 Å². The maximum atomic E-state index is 14.3. The van der Waals surface area contributed by atoms with Crippen molar-refractivity contribution in [2.24, 2.45) is 0 Å². The van der Waals surface area contributed by atoms with E-state index >= 15 is 0 Å². The summed E-state index contributed by atoms with van der Waals surface area (Å²) < 4.78 is 54.0. The lowest BCUT2D eigenvalue weighted by Gasteiger charge is -2.09. The molecule has 1 N–H and O–H groups in total. The lowest BCUT2D eigenvalue weighted by molar-refractivity contribution is -0.147. The predicted octanol–water partition coefficient (Wildman–Crippen LogP) is 2.68. The number of aromatic nitrogens is 3. The molecule has 0 atom stereocenters. The van der Waals surface area contributed by atoms with Crippen LogP contribution in [0.2, 0.25) is 0 Å². The van der Waals surface area contributed by atoms with Gasteiger partial charge in [-0.25, -0.2) is 9.18 Å². The van der Waals surface area contributed by atoms with E-state index in [1.807, 2.05) is 0 Å². The van der Waals surface area contributed by atoms with Crippen molar-refractivity contribution in [3.8, 4) is 11.8 Å². The Bertz CT molecular complexity index is 904. The van der Waals surface area contributed by atoms with Gasteiger partial charge in [-0.05, 0) is 19.1 Å². The van der Waals surface area contributed by atoms with Crippen molar-refractivity contribution in [2.45, 2.75) is 19.6 Å². The summed E-state index contributed by atoms with van der Waals surface area (Å²) in [6, 6.07) is 3.65. The van der Waals surface area contributed by atoms with E-state index in [1.54, 1.807) is 6.07 Å². The molecule has 0 amide bonds. The summed E-state index contributed by atoms with van der Waals surface area (Å²) in [5, 5.41) is 15.0. The molecule has 0 saturated carbocycles. The Morgan fingerprint density at radius 2 is 2.12 bits per heavy atom. The number of rotatable bonds is 5. The van der Waals surface area contributed by atoms with Crippen molar-refractivity contribution < 1.29 is 17.6 Å². The van der Waals surface area contributed by atoms with Crippen LogP contribution in [0.5, 0.6) is 0 Å². The minimum Gasteiger partial charge on any atom is -0.380 e. The Morgan fingerprint density at radius 1 is 1.44 bits per heavy atom. The number of hydrogen-bond donors (Lipinski definition) is 1. The summed E-state index contributed by atoms with van der Waals surface area (Å²) in [7, 11) is 0. The highest BCUT2D eigenvalue weighted by Crippen LogP contribution is 2.28. The van der Waals surface area contributed by atoms with Crippen molar-refractivity contribution in [1.82, 2.24) is 14.3 Å². The summed E-state index contributed by atoms with van der Waals surface area (Å²) in [5.74, 6) is -2.47. The number of halogens is 4. The van der Waals surface area contributed by atoms with Crippen LogP contribution in [0.25, 0.3) is 5.69 Å². The van der Waals surface area contributed by atoms with E-state index in [9.17, 15) is 22.4 Å². The Morgan fingerprint density at radius 3 is 2.60 bits per heavy atom. The van der Waals surface area contributed by atoms with Crippen LogP contribution in [-0.4, -0.2) is 20.9 Å². The van der Waals surface area contributed by atoms with Gasteiger partial charge >= 0.3 is 11.9 Å². The number of hydrogen-bond acceptors (Lipinski definition) is 4. The smallest absolute Gasteiger partial charge is 0.380 e. The maximum absolute atomic E-state index is 14.3.